The fourth-order valence-corrected chi connectivity index (χ4v) is 3.16. The Balaban J connectivity index is 1.94. The van der Waals surface area contributed by atoms with Gasteiger partial charge in [-0.2, -0.15) is 0 Å². The molecule has 0 bridgehead atoms. The third-order valence-corrected chi connectivity index (χ3v) is 4.78. The summed E-state index contributed by atoms with van der Waals surface area (Å²) in [6.45, 7) is 3.34. The summed E-state index contributed by atoms with van der Waals surface area (Å²) < 4.78 is 22.3. The lowest BCUT2D eigenvalue weighted by Gasteiger charge is -2.07. The highest BCUT2D eigenvalue weighted by atomic mass is 32.2. The van der Waals surface area contributed by atoms with E-state index in [1.165, 1.54) is 17.4 Å². The number of thiophene rings is 1. The first-order chi connectivity index (χ1) is 7.95. The molecule has 94 valence electrons. The van der Waals surface area contributed by atoms with E-state index in [0.717, 1.165) is 17.4 Å². The number of rotatable bonds is 3. The second kappa shape index (κ2) is 4.63. The summed E-state index contributed by atoms with van der Waals surface area (Å²) in [6, 6.07) is 3.61. The van der Waals surface area contributed by atoms with Crippen LogP contribution >= 0.6 is 11.3 Å². The van der Waals surface area contributed by atoms with Crippen LogP contribution in [-0.2, 0) is 16.6 Å². The van der Waals surface area contributed by atoms with Crippen molar-refractivity contribution in [1.29, 1.82) is 0 Å². The zero-order valence-electron chi connectivity index (χ0n) is 9.30. The summed E-state index contributed by atoms with van der Waals surface area (Å²) in [4.78, 5) is 5.14. The largest absolute Gasteiger partial charge is 0.352 e. The number of hydrogen-bond acceptors (Lipinski definition) is 6. The Labute approximate surface area is 104 Å². The van der Waals surface area contributed by atoms with E-state index in [-0.39, 0.29) is 4.21 Å². The monoisotopic (exact) mass is 274 g/mol. The van der Waals surface area contributed by atoms with Gasteiger partial charge in [0.15, 0.2) is 5.96 Å². The van der Waals surface area contributed by atoms with E-state index in [0.29, 0.717) is 12.6 Å². The molecule has 0 saturated carbocycles. The van der Waals surface area contributed by atoms with Crippen molar-refractivity contribution in [1.82, 2.24) is 10.6 Å². The zero-order valence-corrected chi connectivity index (χ0v) is 10.9. The third-order valence-electron chi connectivity index (χ3n) is 2.25. The summed E-state index contributed by atoms with van der Waals surface area (Å²) in [6.07, 6.45) is 0. The molecule has 0 saturated heterocycles. The average molecular weight is 274 g/mol. The smallest absolute Gasteiger partial charge is 0.247 e. The van der Waals surface area contributed by atoms with Crippen LogP contribution in [0.5, 0.6) is 0 Å². The number of aliphatic imine (C=N–C) groups is 1. The van der Waals surface area contributed by atoms with Crippen molar-refractivity contribution in [2.45, 2.75) is 23.7 Å². The second-order valence-corrected chi connectivity index (χ2v) is 6.81. The molecule has 1 aromatic rings. The molecule has 1 aliphatic rings. The van der Waals surface area contributed by atoms with Crippen molar-refractivity contribution in [2.24, 2.45) is 10.1 Å². The van der Waals surface area contributed by atoms with Crippen molar-refractivity contribution in [3.8, 4) is 0 Å². The first-order valence-corrected chi connectivity index (χ1v) is 7.48. The third kappa shape index (κ3) is 3.18. The van der Waals surface area contributed by atoms with E-state index in [9.17, 15) is 8.42 Å². The topological polar surface area (TPSA) is 96.6 Å². The number of sulfonamides is 1. The molecule has 8 heteroatoms. The molecular formula is C9H14N4O2S2. The molecule has 1 atom stereocenters. The highest BCUT2D eigenvalue weighted by Gasteiger charge is 2.13. The minimum absolute atomic E-state index is 0.184. The van der Waals surface area contributed by atoms with E-state index in [4.69, 9.17) is 5.14 Å². The first-order valence-electron chi connectivity index (χ1n) is 5.11. The number of nitrogens with two attached hydrogens (primary N) is 1. The van der Waals surface area contributed by atoms with Crippen LogP contribution in [0.15, 0.2) is 21.3 Å². The number of hydrogen-bond donors (Lipinski definition) is 3. The van der Waals surface area contributed by atoms with Gasteiger partial charge in [0.2, 0.25) is 10.0 Å². The van der Waals surface area contributed by atoms with Crippen molar-refractivity contribution < 1.29 is 8.42 Å². The molecule has 17 heavy (non-hydrogen) atoms. The minimum atomic E-state index is -3.58. The van der Waals surface area contributed by atoms with Gasteiger partial charge in [-0.3, -0.25) is 4.99 Å². The average Bonchev–Trinajstić information content (AvgIpc) is 2.82. The van der Waals surface area contributed by atoms with Gasteiger partial charge in [0.1, 0.15) is 4.21 Å². The highest BCUT2D eigenvalue weighted by molar-refractivity contribution is 7.91. The van der Waals surface area contributed by atoms with E-state index >= 15 is 0 Å². The Bertz CT molecular complexity index is 535. The van der Waals surface area contributed by atoms with Gasteiger partial charge in [-0.25, -0.2) is 13.6 Å². The molecule has 0 aromatic carbocycles. The van der Waals surface area contributed by atoms with Crippen molar-refractivity contribution in [2.75, 3.05) is 6.54 Å². The van der Waals surface area contributed by atoms with Crippen LogP contribution in [-0.4, -0.2) is 27.0 Å². The van der Waals surface area contributed by atoms with Crippen LogP contribution in [0.2, 0.25) is 0 Å². The van der Waals surface area contributed by atoms with Gasteiger partial charge in [-0.05, 0) is 19.1 Å². The first kappa shape index (κ1) is 12.3. The van der Waals surface area contributed by atoms with E-state index in [2.05, 4.69) is 15.6 Å². The second-order valence-electron chi connectivity index (χ2n) is 3.85. The van der Waals surface area contributed by atoms with Crippen LogP contribution in [0.25, 0.3) is 0 Å². The molecule has 2 rings (SSSR count). The lowest BCUT2D eigenvalue weighted by molar-refractivity contribution is 0.600. The molecule has 0 radical (unpaired) electrons. The molecule has 0 aliphatic carbocycles. The van der Waals surface area contributed by atoms with Crippen molar-refractivity contribution in [3.63, 3.8) is 0 Å². The number of guanidine groups is 1. The number of nitrogens with zero attached hydrogens (tertiary/aromatic N) is 1. The van der Waals surface area contributed by atoms with E-state index < -0.39 is 10.0 Å². The maximum absolute atomic E-state index is 11.1. The van der Waals surface area contributed by atoms with Crippen molar-refractivity contribution >= 4 is 27.3 Å². The van der Waals surface area contributed by atoms with Gasteiger partial charge in [-0.15, -0.1) is 11.3 Å². The summed E-state index contributed by atoms with van der Waals surface area (Å²) in [5, 5.41) is 11.3. The molecule has 1 unspecified atom stereocenters. The van der Waals surface area contributed by atoms with Gasteiger partial charge in [0.05, 0.1) is 13.1 Å². The predicted octanol–water partition coefficient (Wildman–Crippen LogP) is -0.167. The Morgan fingerprint density at radius 3 is 2.94 bits per heavy atom. The van der Waals surface area contributed by atoms with Gasteiger partial charge >= 0.3 is 0 Å². The summed E-state index contributed by atoms with van der Waals surface area (Å²) in [5.41, 5.74) is 0. The quantitative estimate of drug-likeness (QED) is 0.713. The Morgan fingerprint density at radius 2 is 2.41 bits per heavy atom. The van der Waals surface area contributed by atoms with Crippen LogP contribution in [0.4, 0.5) is 0 Å². The maximum atomic E-state index is 11.1. The fraction of sp³-hybridized carbons (Fsp3) is 0.444. The van der Waals surface area contributed by atoms with Gasteiger partial charge in [0, 0.05) is 10.9 Å². The molecular weight excluding hydrogens is 260 g/mol. The van der Waals surface area contributed by atoms with Gasteiger partial charge in [0.25, 0.3) is 0 Å². The predicted molar refractivity (Wildman–Crippen MR) is 67.4 cm³/mol. The van der Waals surface area contributed by atoms with Crippen LogP contribution < -0.4 is 15.8 Å². The standard InChI is InChI=1S/C9H14N4O2S2/c1-6-4-11-9(13-6)12-5-7-2-3-8(16-7)17(10,14)15/h2-3,6H,4-5H2,1H3,(H2,10,14,15)(H2,11,12,13). The zero-order chi connectivity index (χ0) is 12.5. The summed E-state index contributed by atoms with van der Waals surface area (Å²) >= 11 is 1.17. The Morgan fingerprint density at radius 1 is 1.65 bits per heavy atom. The molecule has 0 fully saturated rings. The Kier molecular flexibility index (Phi) is 3.36. The summed E-state index contributed by atoms with van der Waals surface area (Å²) in [5.74, 6) is 0.753. The molecule has 0 amide bonds. The SMILES string of the molecule is CC1CN=C(NCc2ccc(S(N)(=O)=O)s2)N1. The number of primary sulfonamides is 1. The maximum Gasteiger partial charge on any atom is 0.247 e. The van der Waals surface area contributed by atoms with E-state index in [1.807, 2.05) is 6.92 Å². The molecule has 0 spiro atoms. The number of nitrogens with one attached hydrogen (secondary N) is 2. The molecule has 1 aliphatic heterocycles. The van der Waals surface area contributed by atoms with E-state index in [1.54, 1.807) is 6.07 Å². The van der Waals surface area contributed by atoms with Gasteiger partial charge in [-0.1, -0.05) is 0 Å². The Hall–Kier alpha value is -1.12. The van der Waals surface area contributed by atoms with Crippen LogP contribution in [0, 0.1) is 0 Å². The minimum Gasteiger partial charge on any atom is -0.352 e. The summed E-state index contributed by atoms with van der Waals surface area (Å²) in [7, 11) is -3.58. The molecule has 4 N–H and O–H groups in total. The van der Waals surface area contributed by atoms with Crippen LogP contribution in [0.3, 0.4) is 0 Å². The normalized spacial score (nSPS) is 19.9. The highest BCUT2D eigenvalue weighted by Crippen LogP contribution is 2.19. The molecule has 2 heterocycles. The molecule has 6 nitrogen and oxygen atoms in total. The molecule has 1 aromatic heterocycles. The fourth-order valence-electron chi connectivity index (χ4n) is 1.44. The van der Waals surface area contributed by atoms with Crippen molar-refractivity contribution in [3.05, 3.63) is 17.0 Å². The van der Waals surface area contributed by atoms with Gasteiger partial charge < -0.3 is 10.6 Å². The lowest BCUT2D eigenvalue weighted by atomic mass is 10.4. The van der Waals surface area contributed by atoms with Crippen LogP contribution in [0.1, 0.15) is 11.8 Å². The lowest BCUT2D eigenvalue weighted by Crippen LogP contribution is -2.36.